The van der Waals surface area contributed by atoms with Gasteiger partial charge in [-0.25, -0.2) is 0 Å². The molecule has 2 heterocycles. The molecule has 0 aliphatic carbocycles. The maximum Gasteiger partial charge on any atom is 0.0407 e. The van der Waals surface area contributed by atoms with Gasteiger partial charge in [-0.3, -0.25) is 9.97 Å². The molecule has 0 radical (unpaired) electrons. The average molecular weight is 184 g/mol. The zero-order chi connectivity index (χ0) is 9.80. The van der Waals surface area contributed by atoms with Crippen LogP contribution in [0.25, 0.3) is 0 Å². The van der Waals surface area contributed by atoms with Gasteiger partial charge in [-0.2, -0.15) is 0 Å². The van der Waals surface area contributed by atoms with Gasteiger partial charge in [0, 0.05) is 30.7 Å². The van der Waals surface area contributed by atoms with Crippen molar-refractivity contribution < 1.29 is 0 Å². The highest BCUT2D eigenvalue weighted by Gasteiger charge is 1.99. The van der Waals surface area contributed by atoms with Gasteiger partial charge in [0.1, 0.15) is 0 Å². The lowest BCUT2D eigenvalue weighted by Gasteiger charge is -2.03. The van der Waals surface area contributed by atoms with E-state index in [4.69, 9.17) is 0 Å². The van der Waals surface area contributed by atoms with E-state index < -0.39 is 0 Å². The van der Waals surface area contributed by atoms with Gasteiger partial charge in [-0.15, -0.1) is 0 Å². The Bertz CT molecular complexity index is 410. The van der Waals surface area contributed by atoms with Crippen LogP contribution in [0, 0.1) is 6.92 Å². The van der Waals surface area contributed by atoms with Crippen LogP contribution in [0.1, 0.15) is 16.8 Å². The summed E-state index contributed by atoms with van der Waals surface area (Å²) >= 11 is 0. The molecule has 0 aliphatic rings. The molecule has 0 saturated carbocycles. The first-order valence-electron chi connectivity index (χ1n) is 4.65. The van der Waals surface area contributed by atoms with Crippen molar-refractivity contribution in [2.24, 2.45) is 0 Å². The van der Waals surface area contributed by atoms with Crippen LogP contribution in [-0.4, -0.2) is 9.97 Å². The molecule has 0 unspecified atom stereocenters. The molecule has 0 N–H and O–H groups in total. The van der Waals surface area contributed by atoms with Gasteiger partial charge in [0.2, 0.25) is 0 Å². The normalized spacial score (nSPS) is 10.1. The minimum absolute atomic E-state index is 0.910. The number of hydrogen-bond acceptors (Lipinski definition) is 2. The SMILES string of the molecule is Cc1ncccc1Cc1cccnc1. The minimum Gasteiger partial charge on any atom is -0.264 e. The summed E-state index contributed by atoms with van der Waals surface area (Å²) < 4.78 is 0. The van der Waals surface area contributed by atoms with Crippen LogP contribution < -0.4 is 0 Å². The average Bonchev–Trinajstić information content (AvgIpc) is 2.23. The van der Waals surface area contributed by atoms with Crippen molar-refractivity contribution in [3.63, 3.8) is 0 Å². The number of aryl methyl sites for hydroxylation is 1. The summed E-state index contributed by atoms with van der Waals surface area (Å²) in [4.78, 5) is 8.34. The van der Waals surface area contributed by atoms with E-state index in [1.165, 1.54) is 11.1 Å². The Morgan fingerprint density at radius 3 is 2.71 bits per heavy atom. The fourth-order valence-electron chi connectivity index (χ4n) is 1.43. The number of hydrogen-bond donors (Lipinski definition) is 0. The first-order chi connectivity index (χ1) is 6.86. The zero-order valence-corrected chi connectivity index (χ0v) is 8.14. The molecule has 14 heavy (non-hydrogen) atoms. The Labute approximate surface area is 83.7 Å². The summed E-state index contributed by atoms with van der Waals surface area (Å²) in [5, 5.41) is 0. The Morgan fingerprint density at radius 1 is 1.14 bits per heavy atom. The van der Waals surface area contributed by atoms with Crippen LogP contribution >= 0.6 is 0 Å². The first-order valence-corrected chi connectivity index (χ1v) is 4.65. The van der Waals surface area contributed by atoms with Crippen molar-refractivity contribution in [3.8, 4) is 0 Å². The molecular weight excluding hydrogens is 172 g/mol. The van der Waals surface area contributed by atoms with Gasteiger partial charge in [-0.1, -0.05) is 12.1 Å². The van der Waals surface area contributed by atoms with E-state index in [2.05, 4.69) is 22.1 Å². The largest absolute Gasteiger partial charge is 0.264 e. The van der Waals surface area contributed by atoms with Crippen molar-refractivity contribution in [2.45, 2.75) is 13.3 Å². The van der Waals surface area contributed by atoms with E-state index in [1.807, 2.05) is 31.5 Å². The van der Waals surface area contributed by atoms with Gasteiger partial charge in [0.15, 0.2) is 0 Å². The molecule has 0 atom stereocenters. The molecule has 70 valence electrons. The highest BCUT2D eigenvalue weighted by atomic mass is 14.7. The van der Waals surface area contributed by atoms with Crippen LogP contribution in [0.5, 0.6) is 0 Å². The van der Waals surface area contributed by atoms with Crippen LogP contribution in [0.15, 0.2) is 42.9 Å². The number of nitrogens with zero attached hydrogens (tertiary/aromatic N) is 2. The molecule has 2 rings (SSSR count). The predicted molar refractivity (Wildman–Crippen MR) is 56.0 cm³/mol. The second-order valence-electron chi connectivity index (χ2n) is 3.29. The van der Waals surface area contributed by atoms with Gasteiger partial charge in [0.25, 0.3) is 0 Å². The molecule has 0 aromatic carbocycles. The maximum atomic E-state index is 4.25. The lowest BCUT2D eigenvalue weighted by atomic mass is 10.1. The van der Waals surface area contributed by atoms with Crippen molar-refractivity contribution >= 4 is 0 Å². The summed E-state index contributed by atoms with van der Waals surface area (Å²) in [5.41, 5.74) is 3.58. The van der Waals surface area contributed by atoms with Crippen LogP contribution in [0.2, 0.25) is 0 Å². The van der Waals surface area contributed by atoms with E-state index in [0.717, 1.165) is 12.1 Å². The van der Waals surface area contributed by atoms with Gasteiger partial charge in [-0.05, 0) is 30.2 Å². The van der Waals surface area contributed by atoms with E-state index in [-0.39, 0.29) is 0 Å². The zero-order valence-electron chi connectivity index (χ0n) is 8.14. The van der Waals surface area contributed by atoms with Gasteiger partial charge < -0.3 is 0 Å². The highest BCUT2D eigenvalue weighted by molar-refractivity contribution is 5.26. The van der Waals surface area contributed by atoms with E-state index in [0.29, 0.717) is 0 Å². The minimum atomic E-state index is 0.910. The van der Waals surface area contributed by atoms with Gasteiger partial charge >= 0.3 is 0 Å². The number of pyridine rings is 2. The van der Waals surface area contributed by atoms with Crippen LogP contribution in [0.4, 0.5) is 0 Å². The Morgan fingerprint density at radius 2 is 2.00 bits per heavy atom. The summed E-state index contributed by atoms with van der Waals surface area (Å²) in [6.45, 7) is 2.03. The van der Waals surface area contributed by atoms with Gasteiger partial charge in [0.05, 0.1) is 0 Å². The summed E-state index contributed by atoms with van der Waals surface area (Å²) in [6, 6.07) is 8.12. The summed E-state index contributed by atoms with van der Waals surface area (Å²) in [5.74, 6) is 0. The third-order valence-electron chi connectivity index (χ3n) is 2.23. The van der Waals surface area contributed by atoms with E-state index in [9.17, 15) is 0 Å². The molecule has 0 spiro atoms. The topological polar surface area (TPSA) is 25.8 Å². The molecule has 0 aliphatic heterocycles. The maximum absolute atomic E-state index is 4.25. The standard InChI is InChI=1S/C12H12N2/c1-10-12(5-3-7-14-10)8-11-4-2-6-13-9-11/h2-7,9H,8H2,1H3. The summed E-state index contributed by atoms with van der Waals surface area (Å²) in [7, 11) is 0. The van der Waals surface area contributed by atoms with E-state index in [1.54, 1.807) is 6.20 Å². The molecule has 0 bridgehead atoms. The second kappa shape index (κ2) is 4.01. The fourth-order valence-corrected chi connectivity index (χ4v) is 1.43. The number of aromatic nitrogens is 2. The lowest BCUT2D eigenvalue weighted by molar-refractivity contribution is 1.06. The smallest absolute Gasteiger partial charge is 0.0407 e. The van der Waals surface area contributed by atoms with Crippen molar-refractivity contribution in [1.82, 2.24) is 9.97 Å². The Balaban J connectivity index is 2.24. The third-order valence-corrected chi connectivity index (χ3v) is 2.23. The van der Waals surface area contributed by atoms with Crippen molar-refractivity contribution in [1.29, 1.82) is 0 Å². The Kier molecular flexibility index (Phi) is 2.54. The quantitative estimate of drug-likeness (QED) is 0.716. The monoisotopic (exact) mass is 184 g/mol. The molecule has 2 aromatic rings. The molecule has 0 fully saturated rings. The van der Waals surface area contributed by atoms with Crippen molar-refractivity contribution in [3.05, 3.63) is 59.7 Å². The molecular formula is C12H12N2. The highest BCUT2D eigenvalue weighted by Crippen LogP contribution is 2.10. The predicted octanol–water partition coefficient (Wildman–Crippen LogP) is 2.38. The van der Waals surface area contributed by atoms with Crippen LogP contribution in [0.3, 0.4) is 0 Å². The second-order valence-corrected chi connectivity index (χ2v) is 3.29. The van der Waals surface area contributed by atoms with Crippen molar-refractivity contribution in [2.75, 3.05) is 0 Å². The molecule has 2 heteroatoms. The lowest BCUT2D eigenvalue weighted by Crippen LogP contribution is -1.93. The van der Waals surface area contributed by atoms with Crippen LogP contribution in [-0.2, 0) is 6.42 Å². The first kappa shape index (κ1) is 8.88. The van der Waals surface area contributed by atoms with E-state index >= 15 is 0 Å². The molecule has 0 amide bonds. The molecule has 2 nitrogen and oxygen atoms in total. The third kappa shape index (κ3) is 1.96. The molecule has 2 aromatic heterocycles. The Hall–Kier alpha value is -1.70. The number of rotatable bonds is 2. The molecule has 0 saturated heterocycles. The fraction of sp³-hybridized carbons (Fsp3) is 0.167. The summed E-state index contributed by atoms with van der Waals surface area (Å²) in [6.07, 6.45) is 6.42.